The molecular formula is C43H61NO14S. The number of allylic oxidation sites excluding steroid dienone is 1. The third-order valence-electron chi connectivity index (χ3n) is 11.3. The van der Waals surface area contributed by atoms with Crippen LogP contribution in [0, 0.1) is 17.3 Å². The van der Waals surface area contributed by atoms with Crippen LogP contribution in [0.1, 0.15) is 98.9 Å². The molecule has 1 aromatic carbocycles. The Labute approximate surface area is 350 Å². The van der Waals surface area contributed by atoms with E-state index in [0.29, 0.717) is 5.94 Å². The Kier molecular flexibility index (Phi) is 15.2. The number of ether oxygens (including phenoxy) is 6. The van der Waals surface area contributed by atoms with Crippen LogP contribution in [-0.4, -0.2) is 118 Å². The van der Waals surface area contributed by atoms with Gasteiger partial charge < -0.3 is 49.1 Å². The number of rotatable bonds is 15. The number of alkyl carbamates (subject to hydrolysis) is 1. The lowest BCUT2D eigenvalue weighted by atomic mass is 9.53. The Morgan fingerprint density at radius 3 is 2.24 bits per heavy atom. The molecule has 8 atom stereocenters. The predicted molar refractivity (Wildman–Crippen MR) is 217 cm³/mol. The fourth-order valence-corrected chi connectivity index (χ4v) is 8.75. The molecule has 1 saturated heterocycles. The van der Waals surface area contributed by atoms with Crippen molar-refractivity contribution in [3.8, 4) is 0 Å². The molecule has 1 aromatic rings. The number of thioether (sulfide) groups is 1. The van der Waals surface area contributed by atoms with Crippen LogP contribution in [0.4, 0.5) is 4.79 Å². The lowest BCUT2D eigenvalue weighted by molar-refractivity contribution is -0.295. The Bertz CT molecular complexity index is 1800. The summed E-state index contributed by atoms with van der Waals surface area (Å²) in [5, 5.41) is 39.3. The van der Waals surface area contributed by atoms with Crippen LogP contribution in [0.15, 0.2) is 52.8 Å². The number of nitrogens with one attached hydrogen (secondary N) is 1. The van der Waals surface area contributed by atoms with E-state index in [4.69, 9.17) is 28.4 Å². The minimum Gasteiger partial charge on any atom is -0.504 e. The van der Waals surface area contributed by atoms with E-state index in [1.807, 2.05) is 20.1 Å². The molecule has 15 nitrogen and oxygen atoms in total. The first-order valence-electron chi connectivity index (χ1n) is 19.8. The van der Waals surface area contributed by atoms with E-state index in [-0.39, 0.29) is 54.3 Å². The number of aliphatic hydroxyl groups excluding tert-OH is 2. The number of hydrogen-bond acceptors (Lipinski definition) is 15. The molecule has 3 aliphatic rings. The minimum atomic E-state index is -2.31. The largest absolute Gasteiger partial charge is 0.504 e. The Balaban J connectivity index is 1.90. The fourth-order valence-electron chi connectivity index (χ4n) is 8.47. The number of esters is 3. The number of carbonyl (C=O) groups excluding carboxylic acids is 5. The van der Waals surface area contributed by atoms with Gasteiger partial charge in [0.25, 0.3) is 0 Å². The third kappa shape index (κ3) is 10.2. The third-order valence-corrected chi connectivity index (χ3v) is 11.7. The van der Waals surface area contributed by atoms with Crippen LogP contribution >= 0.6 is 11.8 Å². The van der Waals surface area contributed by atoms with Crippen LogP contribution in [0.2, 0.25) is 0 Å². The summed E-state index contributed by atoms with van der Waals surface area (Å²) in [7, 11) is 0. The van der Waals surface area contributed by atoms with Gasteiger partial charge in [-0.1, -0.05) is 45.9 Å². The van der Waals surface area contributed by atoms with Gasteiger partial charge in [0.2, 0.25) is 5.78 Å². The van der Waals surface area contributed by atoms with E-state index < -0.39 is 101 Å². The molecule has 4 rings (SSSR count). The van der Waals surface area contributed by atoms with E-state index in [1.54, 1.807) is 52.8 Å². The summed E-state index contributed by atoms with van der Waals surface area (Å²) in [4.78, 5) is 68.4. The second-order valence-corrected chi connectivity index (χ2v) is 18.4. The number of Topliss-reactive ketones (excluding diaryl/α,β-unsaturated/α-hetero) is 1. The van der Waals surface area contributed by atoms with Gasteiger partial charge in [0.15, 0.2) is 17.5 Å². The van der Waals surface area contributed by atoms with Crippen molar-refractivity contribution in [2.24, 2.45) is 17.3 Å². The van der Waals surface area contributed by atoms with E-state index in [9.17, 15) is 39.3 Å². The van der Waals surface area contributed by atoms with Gasteiger partial charge in [-0.3, -0.25) is 9.59 Å². The van der Waals surface area contributed by atoms with Crippen LogP contribution in [0.3, 0.4) is 0 Å². The first kappa shape index (κ1) is 47.7. The molecule has 4 N–H and O–H groups in total. The summed E-state index contributed by atoms with van der Waals surface area (Å²) >= 11 is 1.46. The number of carbonyl (C=O) groups is 5. The Hall–Kier alpha value is -3.96. The molecular weight excluding hydrogens is 787 g/mol. The summed E-state index contributed by atoms with van der Waals surface area (Å²) in [6, 6.07) is 6.83. The lowest BCUT2D eigenvalue weighted by Gasteiger charge is -2.60. The van der Waals surface area contributed by atoms with Crippen molar-refractivity contribution in [3.63, 3.8) is 0 Å². The fraction of sp³-hybridized carbons (Fsp3) is 0.651. The van der Waals surface area contributed by atoms with E-state index >= 15 is 0 Å². The number of benzene rings is 1. The highest BCUT2D eigenvalue weighted by Gasteiger charge is 2.69. The molecule has 1 heterocycles. The molecule has 1 fully saturated rings. The molecule has 0 unspecified atom stereocenters. The lowest BCUT2D eigenvalue weighted by Crippen LogP contribution is -2.73. The zero-order valence-corrected chi connectivity index (χ0v) is 36.7. The molecule has 2 aliphatic carbocycles. The monoisotopic (exact) mass is 847 g/mol. The summed E-state index contributed by atoms with van der Waals surface area (Å²) < 4.78 is 35.5. The molecule has 1 aliphatic heterocycles. The van der Waals surface area contributed by atoms with Gasteiger partial charge in [-0.2, -0.15) is 0 Å². The molecule has 0 aromatic heterocycles. The maximum absolute atomic E-state index is 14.6. The molecule has 16 heteroatoms. The van der Waals surface area contributed by atoms with Crippen LogP contribution in [0.25, 0.3) is 0 Å². The second-order valence-electron chi connectivity index (χ2n) is 17.5. The van der Waals surface area contributed by atoms with Crippen LogP contribution in [-0.2, 0) is 42.8 Å². The van der Waals surface area contributed by atoms with Gasteiger partial charge >= 0.3 is 24.0 Å². The number of fused-ring (bicyclic) bond motifs is 2. The SMILES string of the molecule is CSCOCC[C@H]1OC[C@@]1(OC(C)=O)[C@@H]1/C(C)=C(/O)C(=O)C2=C(C)[C@@H](OC(=O)[C@H](O)[C@H](CC(C)C)NC(=O)OC(C)(C)C)C[C@@](O)([C@H]1OC(=O)c1ccccc1)C2(C)C. The zero-order chi connectivity index (χ0) is 44.2. The quantitative estimate of drug-likeness (QED) is 0.0757. The molecule has 328 valence electrons. The standard InChI is InChI=1S/C43H61NO14S/c1-23(2)19-28(44-39(51)58-40(6,7)8)34(47)38(50)55-29-20-43(52)36(56-37(49)27-15-13-12-14-16-27)32(25(4)33(46)35(48)31(24(29)3)41(43,9)10)42(57-26(5)45)21-54-30(42)17-18-53-22-59-11/h12-16,23,28-30,32,34,36,46-47,52H,17-22H2,1-11H3,(H,44,51)/b33-25+/t28-,29-,30+,32+,34+,36-,42-,43+/m0/s1. The number of hydrogen-bond donors (Lipinski definition) is 4. The maximum Gasteiger partial charge on any atom is 0.407 e. The van der Waals surface area contributed by atoms with Crippen LogP contribution in [0.5, 0.6) is 0 Å². The van der Waals surface area contributed by atoms with Gasteiger partial charge in [0, 0.05) is 30.8 Å². The van der Waals surface area contributed by atoms with Gasteiger partial charge in [-0.15, -0.1) is 11.8 Å². The zero-order valence-electron chi connectivity index (χ0n) is 35.9. The smallest absolute Gasteiger partial charge is 0.407 e. The molecule has 2 bridgehead atoms. The number of aliphatic hydroxyl groups is 3. The van der Waals surface area contributed by atoms with Crippen molar-refractivity contribution in [2.45, 2.75) is 136 Å². The molecule has 0 radical (unpaired) electrons. The van der Waals surface area contributed by atoms with Crippen molar-refractivity contribution in [1.82, 2.24) is 5.32 Å². The summed E-state index contributed by atoms with van der Waals surface area (Å²) in [5.74, 6) is -5.56. The van der Waals surface area contributed by atoms with Gasteiger partial charge in [-0.05, 0) is 76.5 Å². The van der Waals surface area contributed by atoms with Crippen molar-refractivity contribution >= 4 is 41.5 Å². The van der Waals surface area contributed by atoms with E-state index in [2.05, 4.69) is 5.32 Å². The van der Waals surface area contributed by atoms with Crippen molar-refractivity contribution in [2.75, 3.05) is 25.4 Å². The van der Waals surface area contributed by atoms with Crippen molar-refractivity contribution in [1.29, 1.82) is 0 Å². The molecule has 0 spiro atoms. The number of ketones is 1. The predicted octanol–water partition coefficient (Wildman–Crippen LogP) is 5.36. The first-order chi connectivity index (χ1) is 27.4. The summed E-state index contributed by atoms with van der Waals surface area (Å²) in [6.45, 7) is 15.8. The Morgan fingerprint density at radius 2 is 1.69 bits per heavy atom. The summed E-state index contributed by atoms with van der Waals surface area (Å²) in [6.07, 6.45) is -5.10. The van der Waals surface area contributed by atoms with Gasteiger partial charge in [0.05, 0.1) is 36.7 Å². The van der Waals surface area contributed by atoms with Gasteiger partial charge in [0.1, 0.15) is 29.5 Å². The summed E-state index contributed by atoms with van der Waals surface area (Å²) in [5.41, 5.74) is -6.38. The Morgan fingerprint density at radius 1 is 1.05 bits per heavy atom. The highest BCUT2D eigenvalue weighted by Crippen LogP contribution is 2.58. The highest BCUT2D eigenvalue weighted by atomic mass is 32.2. The maximum atomic E-state index is 14.6. The van der Waals surface area contributed by atoms with E-state index in [0.717, 1.165) is 0 Å². The molecule has 1 amide bonds. The normalized spacial score (nSPS) is 29.0. The highest BCUT2D eigenvalue weighted by molar-refractivity contribution is 7.98. The average Bonchev–Trinajstić information content (AvgIpc) is 3.13. The van der Waals surface area contributed by atoms with E-state index in [1.165, 1.54) is 44.7 Å². The van der Waals surface area contributed by atoms with Gasteiger partial charge in [-0.25, -0.2) is 14.4 Å². The molecule has 59 heavy (non-hydrogen) atoms. The van der Waals surface area contributed by atoms with Crippen molar-refractivity contribution in [3.05, 3.63) is 58.4 Å². The second kappa shape index (κ2) is 18.8. The van der Waals surface area contributed by atoms with Crippen molar-refractivity contribution < 1.29 is 67.7 Å². The first-order valence-corrected chi connectivity index (χ1v) is 21.2. The minimum absolute atomic E-state index is 0.0321. The topological polar surface area (TPSA) is 213 Å². The van der Waals surface area contributed by atoms with Crippen LogP contribution < -0.4 is 5.32 Å². The molecule has 0 saturated carbocycles. The number of amides is 1. The average molecular weight is 848 g/mol.